The van der Waals surface area contributed by atoms with Crippen molar-refractivity contribution in [3.8, 4) is 21.3 Å². The fourth-order valence-electron chi connectivity index (χ4n) is 1.60. The van der Waals surface area contributed by atoms with Crippen LogP contribution in [-0.4, -0.2) is 9.97 Å². The van der Waals surface area contributed by atoms with E-state index in [-0.39, 0.29) is 0 Å². The highest BCUT2D eigenvalue weighted by Crippen LogP contribution is 2.33. The number of benzene rings is 1. The predicted octanol–water partition coefficient (Wildman–Crippen LogP) is 3.10. The van der Waals surface area contributed by atoms with Crippen LogP contribution in [0.25, 0.3) is 21.3 Å². The SMILES string of the molecule is Nc1ccc(N)c(-c2nc(-c3nccs3)cs2)c1. The number of aromatic nitrogens is 2. The summed E-state index contributed by atoms with van der Waals surface area (Å²) in [5.41, 5.74) is 14.9. The fraction of sp³-hybridized carbons (Fsp3) is 0. The number of hydrogen-bond acceptors (Lipinski definition) is 6. The van der Waals surface area contributed by atoms with Gasteiger partial charge in [-0.3, -0.25) is 0 Å². The van der Waals surface area contributed by atoms with E-state index in [1.54, 1.807) is 41.0 Å². The molecule has 0 spiro atoms. The van der Waals surface area contributed by atoms with Crippen LogP contribution in [0.4, 0.5) is 11.4 Å². The van der Waals surface area contributed by atoms with Crippen LogP contribution in [0.3, 0.4) is 0 Å². The van der Waals surface area contributed by atoms with E-state index in [2.05, 4.69) is 9.97 Å². The minimum absolute atomic E-state index is 0.684. The first kappa shape index (κ1) is 11.2. The standard InChI is InChI=1S/C12H10N4S2/c13-7-1-2-9(14)8(5-7)11-16-10(6-18-11)12-15-3-4-17-12/h1-6H,13-14H2. The lowest BCUT2D eigenvalue weighted by atomic mass is 10.1. The molecule has 0 bridgehead atoms. The molecule has 1 aromatic carbocycles. The molecular formula is C12H10N4S2. The van der Waals surface area contributed by atoms with E-state index >= 15 is 0 Å². The molecule has 0 atom stereocenters. The van der Waals surface area contributed by atoms with Crippen LogP contribution in [0.2, 0.25) is 0 Å². The van der Waals surface area contributed by atoms with Gasteiger partial charge in [0.15, 0.2) is 0 Å². The monoisotopic (exact) mass is 274 g/mol. The number of anilines is 2. The summed E-state index contributed by atoms with van der Waals surface area (Å²) in [5.74, 6) is 0. The molecule has 4 N–H and O–H groups in total. The molecule has 6 heteroatoms. The number of nitrogens with two attached hydrogens (primary N) is 2. The number of nitrogen functional groups attached to an aromatic ring is 2. The maximum absolute atomic E-state index is 5.95. The van der Waals surface area contributed by atoms with Gasteiger partial charge < -0.3 is 11.5 Å². The Labute approximate surface area is 112 Å². The average Bonchev–Trinajstić information content (AvgIpc) is 3.00. The van der Waals surface area contributed by atoms with Crippen molar-refractivity contribution >= 4 is 34.0 Å². The van der Waals surface area contributed by atoms with Crippen LogP contribution in [0.15, 0.2) is 35.2 Å². The maximum Gasteiger partial charge on any atom is 0.142 e. The quantitative estimate of drug-likeness (QED) is 0.704. The van der Waals surface area contributed by atoms with Crippen LogP contribution >= 0.6 is 22.7 Å². The lowest BCUT2D eigenvalue weighted by Gasteiger charge is -2.02. The van der Waals surface area contributed by atoms with E-state index in [1.165, 1.54) is 0 Å². The topological polar surface area (TPSA) is 77.8 Å². The number of thiazole rings is 2. The number of nitrogens with zero attached hydrogens (tertiary/aromatic N) is 2. The molecule has 2 heterocycles. The summed E-state index contributed by atoms with van der Waals surface area (Å²) in [5, 5.41) is 5.70. The Morgan fingerprint density at radius 1 is 1.06 bits per heavy atom. The van der Waals surface area contributed by atoms with Crippen LogP contribution < -0.4 is 11.5 Å². The first-order valence-corrected chi connectivity index (χ1v) is 7.01. The molecule has 0 saturated carbocycles. The average molecular weight is 274 g/mol. The van der Waals surface area contributed by atoms with Gasteiger partial charge in [-0.25, -0.2) is 9.97 Å². The Kier molecular flexibility index (Phi) is 2.73. The number of hydrogen-bond donors (Lipinski definition) is 2. The molecule has 3 aromatic rings. The summed E-state index contributed by atoms with van der Waals surface area (Å²) in [6, 6.07) is 5.43. The summed E-state index contributed by atoms with van der Waals surface area (Å²) in [6.45, 7) is 0. The molecule has 90 valence electrons. The van der Waals surface area contributed by atoms with Crippen molar-refractivity contribution in [1.82, 2.24) is 9.97 Å². The van der Waals surface area contributed by atoms with Crippen molar-refractivity contribution in [3.05, 3.63) is 35.2 Å². The zero-order valence-electron chi connectivity index (χ0n) is 9.33. The van der Waals surface area contributed by atoms with E-state index in [0.29, 0.717) is 11.4 Å². The first-order chi connectivity index (χ1) is 8.74. The lowest BCUT2D eigenvalue weighted by molar-refractivity contribution is 1.34. The molecule has 0 saturated heterocycles. The summed E-state index contributed by atoms with van der Waals surface area (Å²) in [6.07, 6.45) is 1.77. The summed E-state index contributed by atoms with van der Waals surface area (Å²) in [4.78, 5) is 8.80. The van der Waals surface area contributed by atoms with E-state index in [0.717, 1.165) is 21.3 Å². The summed E-state index contributed by atoms with van der Waals surface area (Å²) >= 11 is 3.11. The van der Waals surface area contributed by atoms with Crippen molar-refractivity contribution in [2.45, 2.75) is 0 Å². The van der Waals surface area contributed by atoms with E-state index in [9.17, 15) is 0 Å². The molecule has 0 radical (unpaired) electrons. The van der Waals surface area contributed by atoms with Crippen LogP contribution in [0.1, 0.15) is 0 Å². The molecule has 4 nitrogen and oxygen atoms in total. The van der Waals surface area contributed by atoms with Crippen molar-refractivity contribution < 1.29 is 0 Å². The highest BCUT2D eigenvalue weighted by Gasteiger charge is 2.10. The van der Waals surface area contributed by atoms with Crippen molar-refractivity contribution in [1.29, 1.82) is 0 Å². The van der Waals surface area contributed by atoms with Gasteiger partial charge in [0.1, 0.15) is 15.7 Å². The van der Waals surface area contributed by atoms with Gasteiger partial charge in [0.2, 0.25) is 0 Å². The van der Waals surface area contributed by atoms with Crippen LogP contribution in [0, 0.1) is 0 Å². The van der Waals surface area contributed by atoms with E-state index in [1.807, 2.05) is 16.8 Å². The minimum Gasteiger partial charge on any atom is -0.399 e. The molecule has 2 aromatic heterocycles. The second kappa shape index (κ2) is 4.40. The Morgan fingerprint density at radius 2 is 1.94 bits per heavy atom. The second-order valence-electron chi connectivity index (χ2n) is 3.72. The Balaban J connectivity index is 2.05. The molecular weight excluding hydrogens is 264 g/mol. The normalized spacial score (nSPS) is 10.7. The second-order valence-corrected chi connectivity index (χ2v) is 5.47. The number of rotatable bonds is 2. The highest BCUT2D eigenvalue weighted by atomic mass is 32.1. The third kappa shape index (κ3) is 1.96. The third-order valence-corrected chi connectivity index (χ3v) is 4.13. The third-order valence-electron chi connectivity index (χ3n) is 2.46. The molecule has 0 aliphatic rings. The summed E-state index contributed by atoms with van der Waals surface area (Å²) in [7, 11) is 0. The van der Waals surface area contributed by atoms with Gasteiger partial charge in [-0.15, -0.1) is 22.7 Å². The molecule has 3 rings (SSSR count). The van der Waals surface area contributed by atoms with Gasteiger partial charge in [-0.1, -0.05) is 0 Å². The van der Waals surface area contributed by atoms with Gasteiger partial charge in [-0.05, 0) is 18.2 Å². The highest BCUT2D eigenvalue weighted by molar-refractivity contribution is 7.15. The van der Waals surface area contributed by atoms with Crippen molar-refractivity contribution in [2.24, 2.45) is 0 Å². The Hall–Kier alpha value is -1.92. The predicted molar refractivity (Wildman–Crippen MR) is 77.5 cm³/mol. The van der Waals surface area contributed by atoms with Gasteiger partial charge in [0, 0.05) is 33.9 Å². The molecule has 0 aliphatic heterocycles. The molecule has 0 amide bonds. The largest absolute Gasteiger partial charge is 0.399 e. The molecule has 0 aliphatic carbocycles. The zero-order chi connectivity index (χ0) is 12.5. The Bertz CT molecular complexity index is 673. The van der Waals surface area contributed by atoms with Crippen LogP contribution in [-0.2, 0) is 0 Å². The first-order valence-electron chi connectivity index (χ1n) is 5.25. The van der Waals surface area contributed by atoms with Crippen molar-refractivity contribution in [3.63, 3.8) is 0 Å². The van der Waals surface area contributed by atoms with Gasteiger partial charge >= 0.3 is 0 Å². The smallest absolute Gasteiger partial charge is 0.142 e. The Morgan fingerprint density at radius 3 is 2.72 bits per heavy atom. The van der Waals surface area contributed by atoms with Crippen molar-refractivity contribution in [2.75, 3.05) is 11.5 Å². The fourth-order valence-corrected chi connectivity index (χ4v) is 3.12. The van der Waals surface area contributed by atoms with Gasteiger partial charge in [-0.2, -0.15) is 0 Å². The van der Waals surface area contributed by atoms with E-state index < -0.39 is 0 Å². The molecule has 18 heavy (non-hydrogen) atoms. The minimum atomic E-state index is 0.684. The van der Waals surface area contributed by atoms with E-state index in [4.69, 9.17) is 11.5 Å². The zero-order valence-corrected chi connectivity index (χ0v) is 11.0. The maximum atomic E-state index is 5.95. The summed E-state index contributed by atoms with van der Waals surface area (Å²) < 4.78 is 0. The van der Waals surface area contributed by atoms with Crippen LogP contribution in [0.5, 0.6) is 0 Å². The lowest BCUT2D eigenvalue weighted by Crippen LogP contribution is -1.92. The van der Waals surface area contributed by atoms with Gasteiger partial charge in [0.05, 0.1) is 0 Å². The molecule has 0 fully saturated rings. The van der Waals surface area contributed by atoms with Gasteiger partial charge in [0.25, 0.3) is 0 Å². The molecule has 0 unspecified atom stereocenters.